The van der Waals surface area contributed by atoms with Crippen molar-refractivity contribution < 1.29 is 17.9 Å². The maximum atomic E-state index is 12.9. The van der Waals surface area contributed by atoms with E-state index in [1.165, 1.54) is 11.1 Å². The first-order chi connectivity index (χ1) is 13.0. The minimum Gasteiger partial charge on any atom is -0.497 e. The summed E-state index contributed by atoms with van der Waals surface area (Å²) in [4.78, 5) is 2.57. The van der Waals surface area contributed by atoms with E-state index in [0.29, 0.717) is 18.5 Å². The molecule has 2 saturated heterocycles. The number of sulfonamides is 1. The van der Waals surface area contributed by atoms with E-state index in [0.717, 1.165) is 44.5 Å². The third-order valence-electron chi connectivity index (χ3n) is 6.52. The second-order valence-electron chi connectivity index (χ2n) is 7.95. The van der Waals surface area contributed by atoms with Gasteiger partial charge in [-0.15, -0.1) is 12.4 Å². The average Bonchev–Trinajstić information content (AvgIpc) is 2.69. The van der Waals surface area contributed by atoms with Gasteiger partial charge in [-0.25, -0.2) is 8.42 Å². The molecule has 0 aromatic heterocycles. The number of nitrogens with zero attached hydrogens (tertiary/aromatic N) is 2. The van der Waals surface area contributed by atoms with E-state index in [2.05, 4.69) is 17.0 Å². The van der Waals surface area contributed by atoms with Gasteiger partial charge in [0.15, 0.2) is 0 Å². The highest BCUT2D eigenvalue weighted by Gasteiger charge is 2.45. The molecule has 0 N–H and O–H groups in total. The molecule has 3 aliphatic heterocycles. The van der Waals surface area contributed by atoms with Gasteiger partial charge in [-0.05, 0) is 54.9 Å². The molecule has 0 radical (unpaired) electrons. The van der Waals surface area contributed by atoms with Crippen LogP contribution in [0.5, 0.6) is 5.75 Å². The Balaban J connectivity index is 0.00000225. The summed E-state index contributed by atoms with van der Waals surface area (Å²) in [6.07, 6.45) is 4.01. The molecule has 0 unspecified atom stereocenters. The van der Waals surface area contributed by atoms with Crippen molar-refractivity contribution in [2.45, 2.75) is 37.8 Å². The molecule has 0 amide bonds. The highest BCUT2D eigenvalue weighted by atomic mass is 35.5. The number of hydrogen-bond acceptors (Lipinski definition) is 5. The van der Waals surface area contributed by atoms with Crippen molar-refractivity contribution in [1.82, 2.24) is 9.21 Å². The molecule has 0 spiro atoms. The van der Waals surface area contributed by atoms with Crippen molar-refractivity contribution in [1.29, 1.82) is 0 Å². The number of halogens is 1. The van der Waals surface area contributed by atoms with Gasteiger partial charge in [0.05, 0.1) is 19.5 Å². The van der Waals surface area contributed by atoms with Gasteiger partial charge in [0, 0.05) is 38.8 Å². The first kappa shape index (κ1) is 21.8. The van der Waals surface area contributed by atoms with Gasteiger partial charge in [0.2, 0.25) is 10.0 Å². The second kappa shape index (κ2) is 8.88. The fourth-order valence-corrected chi connectivity index (χ4v) is 6.86. The highest BCUT2D eigenvalue weighted by molar-refractivity contribution is 7.89. The third kappa shape index (κ3) is 4.05. The molecule has 3 aliphatic rings. The number of benzene rings is 1. The molecule has 0 saturated carbocycles. The molecular weight excluding hydrogens is 400 g/mol. The lowest BCUT2D eigenvalue weighted by Gasteiger charge is -2.51. The first-order valence-electron chi connectivity index (χ1n) is 9.93. The van der Waals surface area contributed by atoms with E-state index < -0.39 is 10.0 Å². The van der Waals surface area contributed by atoms with Crippen molar-refractivity contribution in [3.8, 4) is 5.75 Å². The zero-order valence-corrected chi connectivity index (χ0v) is 18.3. The number of fused-ring (bicyclic) bond motifs is 4. The van der Waals surface area contributed by atoms with Crippen LogP contribution in [0.2, 0.25) is 0 Å². The normalized spacial score (nSPS) is 27.9. The van der Waals surface area contributed by atoms with Crippen molar-refractivity contribution >= 4 is 22.4 Å². The average molecular weight is 431 g/mol. The van der Waals surface area contributed by atoms with Crippen LogP contribution in [0.3, 0.4) is 0 Å². The maximum Gasteiger partial charge on any atom is 0.216 e. The topological polar surface area (TPSA) is 59.1 Å². The van der Waals surface area contributed by atoms with E-state index in [1.54, 1.807) is 18.5 Å². The molecule has 28 heavy (non-hydrogen) atoms. The molecule has 6 nitrogen and oxygen atoms in total. The largest absolute Gasteiger partial charge is 0.497 e. The molecule has 1 aromatic rings. The molecule has 158 valence electrons. The predicted octanol–water partition coefficient (Wildman–Crippen LogP) is 2.48. The number of rotatable bonds is 5. The molecule has 8 heteroatoms. The molecule has 4 rings (SSSR count). The third-order valence-corrected chi connectivity index (χ3v) is 8.37. The van der Waals surface area contributed by atoms with Crippen LogP contribution in [0.25, 0.3) is 0 Å². The van der Waals surface area contributed by atoms with Crippen molar-refractivity contribution in [3.05, 3.63) is 29.3 Å². The summed E-state index contributed by atoms with van der Waals surface area (Å²) >= 11 is 0. The molecule has 0 bridgehead atoms. The molecule has 0 aliphatic carbocycles. The number of piperidine rings is 2. The minimum absolute atomic E-state index is 0. The van der Waals surface area contributed by atoms with E-state index >= 15 is 0 Å². The SMILES string of the molecule is COCCS(=O)(=O)N1CCC[C@@H]2CN3CCc4cc(OC)ccc4[C@H]3C[C@@H]21.Cl. The lowest BCUT2D eigenvalue weighted by atomic mass is 9.77. The van der Waals surface area contributed by atoms with Gasteiger partial charge in [0.25, 0.3) is 0 Å². The Morgan fingerprint density at radius 1 is 1.21 bits per heavy atom. The first-order valence-corrected chi connectivity index (χ1v) is 11.5. The van der Waals surface area contributed by atoms with Gasteiger partial charge in [-0.2, -0.15) is 4.31 Å². The standard InChI is InChI=1S/C20H30N2O4S.ClH/c1-25-10-11-27(23,24)22-8-3-4-16-14-21-9-7-15-12-17(26-2)5-6-18(15)20(21)13-19(16)22;/h5-6,12,16,19-20H,3-4,7-11,13-14H2,1-2H3;1H/t16-,19+,20-;/m1./s1. The summed E-state index contributed by atoms with van der Waals surface area (Å²) in [6, 6.07) is 6.77. The van der Waals surface area contributed by atoms with Crippen molar-refractivity contribution in [2.75, 3.05) is 46.2 Å². The van der Waals surface area contributed by atoms with Crippen LogP contribution >= 0.6 is 12.4 Å². The second-order valence-corrected chi connectivity index (χ2v) is 9.99. The Morgan fingerprint density at radius 3 is 2.79 bits per heavy atom. The van der Waals surface area contributed by atoms with Gasteiger partial charge >= 0.3 is 0 Å². The smallest absolute Gasteiger partial charge is 0.216 e. The van der Waals surface area contributed by atoms with E-state index in [1.807, 2.05) is 6.07 Å². The number of hydrogen-bond donors (Lipinski definition) is 0. The van der Waals surface area contributed by atoms with E-state index in [9.17, 15) is 8.42 Å². The van der Waals surface area contributed by atoms with E-state index in [4.69, 9.17) is 9.47 Å². The number of methoxy groups -OCH3 is 2. The molecule has 3 atom stereocenters. The van der Waals surface area contributed by atoms with Crippen LogP contribution in [0, 0.1) is 5.92 Å². The molecular formula is C20H31ClN2O4S. The lowest BCUT2D eigenvalue weighted by Crippen LogP contribution is -2.57. The summed E-state index contributed by atoms with van der Waals surface area (Å²) in [7, 11) is -0.0149. The fourth-order valence-electron chi connectivity index (χ4n) is 5.17. The van der Waals surface area contributed by atoms with Gasteiger partial charge in [-0.1, -0.05) is 6.07 Å². The summed E-state index contributed by atoms with van der Waals surface area (Å²) in [5.74, 6) is 1.42. The van der Waals surface area contributed by atoms with Crippen LogP contribution in [0.1, 0.15) is 36.4 Å². The summed E-state index contributed by atoms with van der Waals surface area (Å²) in [5.41, 5.74) is 2.69. The fraction of sp³-hybridized carbons (Fsp3) is 0.700. The van der Waals surface area contributed by atoms with Gasteiger partial charge in [0.1, 0.15) is 5.75 Å². The molecule has 2 fully saturated rings. The van der Waals surface area contributed by atoms with Crippen molar-refractivity contribution in [2.24, 2.45) is 5.92 Å². The molecule has 3 heterocycles. The highest BCUT2D eigenvalue weighted by Crippen LogP contribution is 2.44. The lowest BCUT2D eigenvalue weighted by molar-refractivity contribution is 0.0217. The zero-order valence-electron chi connectivity index (χ0n) is 16.7. The number of ether oxygens (including phenoxy) is 2. The zero-order chi connectivity index (χ0) is 19.0. The van der Waals surface area contributed by atoms with Crippen LogP contribution in [0.15, 0.2) is 18.2 Å². The monoisotopic (exact) mass is 430 g/mol. The Hall–Kier alpha value is -0.860. The van der Waals surface area contributed by atoms with Gasteiger partial charge < -0.3 is 9.47 Å². The molecule has 1 aromatic carbocycles. The maximum absolute atomic E-state index is 12.9. The van der Waals surface area contributed by atoms with E-state index in [-0.39, 0.29) is 30.8 Å². The van der Waals surface area contributed by atoms with Crippen LogP contribution < -0.4 is 4.74 Å². The minimum atomic E-state index is -3.27. The summed E-state index contributed by atoms with van der Waals surface area (Å²) in [5, 5.41) is 0. The Kier molecular flexibility index (Phi) is 6.92. The van der Waals surface area contributed by atoms with Crippen LogP contribution in [0.4, 0.5) is 0 Å². The van der Waals surface area contributed by atoms with Crippen LogP contribution in [-0.4, -0.2) is 69.9 Å². The summed E-state index contributed by atoms with van der Waals surface area (Å²) < 4.78 is 38.0. The Bertz CT molecular complexity index is 788. The van der Waals surface area contributed by atoms with Crippen molar-refractivity contribution in [3.63, 3.8) is 0 Å². The Labute approximate surface area is 174 Å². The Morgan fingerprint density at radius 2 is 2.04 bits per heavy atom. The predicted molar refractivity (Wildman–Crippen MR) is 112 cm³/mol. The van der Waals surface area contributed by atoms with Gasteiger partial charge in [-0.3, -0.25) is 4.90 Å². The quantitative estimate of drug-likeness (QED) is 0.718. The summed E-state index contributed by atoms with van der Waals surface area (Å²) in [6.45, 7) is 2.95. The van der Waals surface area contributed by atoms with Crippen LogP contribution in [-0.2, 0) is 21.2 Å².